The van der Waals surface area contributed by atoms with Crippen molar-refractivity contribution in [2.24, 2.45) is 0 Å². The fourth-order valence-electron chi connectivity index (χ4n) is 2.00. The first-order valence-electron chi connectivity index (χ1n) is 5.61. The average molecular weight is 318 g/mol. The molecule has 0 aliphatic carbocycles. The smallest absolute Gasteiger partial charge is 0.408 e. The Labute approximate surface area is 115 Å². The zero-order chi connectivity index (χ0) is 14.1. The van der Waals surface area contributed by atoms with Crippen molar-refractivity contribution in [2.45, 2.75) is 39.3 Å². The third-order valence-corrected chi connectivity index (χ3v) is 3.14. The highest BCUT2D eigenvalue weighted by Gasteiger charge is 2.31. The molecule has 1 unspecified atom stereocenters. The Balaban J connectivity index is 3.18. The number of carbonyl (C=O) groups is 1. The molecule has 0 saturated heterocycles. The van der Waals surface area contributed by atoms with Gasteiger partial charge in [0.15, 0.2) is 0 Å². The van der Waals surface area contributed by atoms with Gasteiger partial charge in [0.1, 0.15) is 5.82 Å². The summed E-state index contributed by atoms with van der Waals surface area (Å²) >= 11 is 3.21. The van der Waals surface area contributed by atoms with Crippen LogP contribution >= 0.6 is 15.9 Å². The molecule has 1 N–H and O–H groups in total. The van der Waals surface area contributed by atoms with Crippen LogP contribution in [-0.2, 0) is 0 Å². The monoisotopic (exact) mass is 317 g/mol. The van der Waals surface area contributed by atoms with Crippen LogP contribution in [0, 0.1) is 5.82 Å². The van der Waals surface area contributed by atoms with Crippen LogP contribution in [0.3, 0.4) is 0 Å². The van der Waals surface area contributed by atoms with Crippen LogP contribution in [0.5, 0.6) is 0 Å². The summed E-state index contributed by atoms with van der Waals surface area (Å²) in [6, 6.07) is 4.01. The minimum Gasteiger partial charge on any atom is -0.465 e. The highest BCUT2D eigenvalue weighted by atomic mass is 79.9. The molecule has 1 aromatic rings. The highest BCUT2D eigenvalue weighted by Crippen LogP contribution is 2.30. The summed E-state index contributed by atoms with van der Waals surface area (Å²) in [6.07, 6.45) is -1.02. The van der Waals surface area contributed by atoms with E-state index >= 15 is 0 Å². The van der Waals surface area contributed by atoms with Gasteiger partial charge < -0.3 is 5.11 Å². The average Bonchev–Trinajstić information content (AvgIpc) is 2.12. The minimum absolute atomic E-state index is 0.384. The van der Waals surface area contributed by atoms with Gasteiger partial charge in [-0.05, 0) is 51.5 Å². The van der Waals surface area contributed by atoms with Crippen LogP contribution < -0.4 is 0 Å². The van der Waals surface area contributed by atoms with Gasteiger partial charge in [0, 0.05) is 10.0 Å². The maximum atomic E-state index is 13.4. The van der Waals surface area contributed by atoms with E-state index in [2.05, 4.69) is 15.9 Å². The molecule has 0 spiro atoms. The Morgan fingerprint density at radius 1 is 1.39 bits per heavy atom. The van der Waals surface area contributed by atoms with E-state index in [0.29, 0.717) is 10.0 Å². The van der Waals surface area contributed by atoms with Gasteiger partial charge in [-0.3, -0.25) is 4.90 Å². The predicted molar refractivity (Wildman–Crippen MR) is 72.1 cm³/mol. The lowest BCUT2D eigenvalue weighted by molar-refractivity contribution is 0.0752. The van der Waals surface area contributed by atoms with Gasteiger partial charge in [-0.15, -0.1) is 0 Å². The topological polar surface area (TPSA) is 40.5 Å². The number of hydrogen-bond donors (Lipinski definition) is 1. The predicted octanol–water partition coefficient (Wildman–Crippen LogP) is 4.43. The Kier molecular flexibility index (Phi) is 4.37. The zero-order valence-corrected chi connectivity index (χ0v) is 12.5. The fraction of sp³-hybridized carbons (Fsp3) is 0.462. The Morgan fingerprint density at radius 3 is 2.33 bits per heavy atom. The normalized spacial score (nSPS) is 13.2. The lowest BCUT2D eigenvalue weighted by Gasteiger charge is -2.38. The molecule has 0 aromatic heterocycles. The van der Waals surface area contributed by atoms with Gasteiger partial charge in [-0.25, -0.2) is 9.18 Å². The van der Waals surface area contributed by atoms with E-state index in [1.54, 1.807) is 13.0 Å². The van der Waals surface area contributed by atoms with Gasteiger partial charge in [0.2, 0.25) is 0 Å². The van der Waals surface area contributed by atoms with Crippen LogP contribution in [-0.4, -0.2) is 21.6 Å². The molecule has 1 aromatic carbocycles. The summed E-state index contributed by atoms with van der Waals surface area (Å²) < 4.78 is 14.0. The summed E-state index contributed by atoms with van der Waals surface area (Å²) in [5, 5.41) is 9.30. The lowest BCUT2D eigenvalue weighted by atomic mass is 9.99. The molecule has 3 nitrogen and oxygen atoms in total. The zero-order valence-electron chi connectivity index (χ0n) is 10.9. The SMILES string of the molecule is CC(c1cc(F)cc(Br)c1)N(C(=O)O)C(C)(C)C. The van der Waals surface area contributed by atoms with E-state index in [0.717, 1.165) is 0 Å². The molecule has 1 atom stereocenters. The summed E-state index contributed by atoms with van der Waals surface area (Å²) in [5.74, 6) is -0.384. The quantitative estimate of drug-likeness (QED) is 0.876. The molecule has 0 aliphatic rings. The van der Waals surface area contributed by atoms with Crippen LogP contribution in [0.25, 0.3) is 0 Å². The molecular formula is C13H17BrFNO2. The van der Waals surface area contributed by atoms with E-state index in [4.69, 9.17) is 0 Å². The van der Waals surface area contributed by atoms with E-state index in [1.165, 1.54) is 17.0 Å². The van der Waals surface area contributed by atoms with Crippen molar-refractivity contribution in [1.29, 1.82) is 0 Å². The minimum atomic E-state index is -1.02. The molecule has 1 rings (SSSR count). The van der Waals surface area contributed by atoms with Crippen molar-refractivity contribution in [3.05, 3.63) is 34.1 Å². The number of rotatable bonds is 2. The third-order valence-electron chi connectivity index (χ3n) is 2.68. The van der Waals surface area contributed by atoms with Gasteiger partial charge in [-0.1, -0.05) is 15.9 Å². The van der Waals surface area contributed by atoms with E-state index < -0.39 is 17.7 Å². The molecule has 0 fully saturated rings. The van der Waals surface area contributed by atoms with Crippen molar-refractivity contribution in [2.75, 3.05) is 0 Å². The molecule has 0 radical (unpaired) electrons. The fourth-order valence-corrected chi connectivity index (χ4v) is 2.48. The van der Waals surface area contributed by atoms with Gasteiger partial charge in [0.05, 0.1) is 6.04 Å². The van der Waals surface area contributed by atoms with Crippen molar-refractivity contribution in [1.82, 2.24) is 4.90 Å². The van der Waals surface area contributed by atoms with Gasteiger partial charge >= 0.3 is 6.09 Å². The first-order valence-corrected chi connectivity index (χ1v) is 6.40. The van der Waals surface area contributed by atoms with Gasteiger partial charge in [0.25, 0.3) is 0 Å². The number of benzene rings is 1. The highest BCUT2D eigenvalue weighted by molar-refractivity contribution is 9.10. The van der Waals surface area contributed by atoms with Crippen LogP contribution in [0.15, 0.2) is 22.7 Å². The molecule has 0 saturated carbocycles. The van der Waals surface area contributed by atoms with Crippen molar-refractivity contribution < 1.29 is 14.3 Å². The standard InChI is InChI=1S/C13H17BrFNO2/c1-8(16(12(17)18)13(2,3)4)9-5-10(14)7-11(15)6-9/h5-8H,1-4H3,(H,17,18). The van der Waals surface area contributed by atoms with Crippen molar-refractivity contribution in [3.8, 4) is 0 Å². The van der Waals surface area contributed by atoms with Crippen LogP contribution in [0.1, 0.15) is 39.3 Å². The Hall–Kier alpha value is -1.10. The first kappa shape index (κ1) is 15.0. The molecule has 5 heteroatoms. The maximum Gasteiger partial charge on any atom is 0.408 e. The first-order chi connectivity index (χ1) is 8.12. The van der Waals surface area contributed by atoms with E-state index in [-0.39, 0.29) is 5.82 Å². The Morgan fingerprint density at radius 2 is 1.94 bits per heavy atom. The molecule has 1 amide bonds. The molecule has 0 aliphatic heterocycles. The number of amides is 1. The second-order valence-corrected chi connectivity index (χ2v) is 6.12. The molecule has 100 valence electrons. The van der Waals surface area contributed by atoms with E-state index in [9.17, 15) is 14.3 Å². The van der Waals surface area contributed by atoms with Gasteiger partial charge in [-0.2, -0.15) is 0 Å². The second kappa shape index (κ2) is 5.26. The number of nitrogens with zero attached hydrogens (tertiary/aromatic N) is 1. The van der Waals surface area contributed by atoms with Crippen molar-refractivity contribution >= 4 is 22.0 Å². The summed E-state index contributed by atoms with van der Waals surface area (Å²) in [6.45, 7) is 7.18. The maximum absolute atomic E-state index is 13.4. The largest absolute Gasteiger partial charge is 0.465 e. The number of carboxylic acid groups (broad SMARTS) is 1. The van der Waals surface area contributed by atoms with Crippen molar-refractivity contribution in [3.63, 3.8) is 0 Å². The number of hydrogen-bond acceptors (Lipinski definition) is 1. The molecule has 0 heterocycles. The summed E-state index contributed by atoms with van der Waals surface area (Å²) in [5.41, 5.74) is 0.0727. The van der Waals surface area contributed by atoms with Crippen LogP contribution in [0.4, 0.5) is 9.18 Å². The van der Waals surface area contributed by atoms with Crippen LogP contribution in [0.2, 0.25) is 0 Å². The molecule has 0 bridgehead atoms. The third kappa shape index (κ3) is 3.45. The lowest BCUT2D eigenvalue weighted by Crippen LogP contribution is -2.46. The number of halogens is 2. The van der Waals surface area contributed by atoms with E-state index in [1.807, 2.05) is 20.8 Å². The Bertz CT molecular complexity index is 437. The second-order valence-electron chi connectivity index (χ2n) is 5.20. The molecule has 18 heavy (non-hydrogen) atoms. The summed E-state index contributed by atoms with van der Waals surface area (Å²) in [7, 11) is 0. The molecular weight excluding hydrogens is 301 g/mol. The summed E-state index contributed by atoms with van der Waals surface area (Å²) in [4.78, 5) is 12.7.